The third-order valence-corrected chi connectivity index (χ3v) is 3.96. The summed E-state index contributed by atoms with van der Waals surface area (Å²) in [5, 5.41) is 3.56. The van der Waals surface area contributed by atoms with Crippen LogP contribution >= 0.6 is 11.6 Å². The fourth-order valence-electron chi connectivity index (χ4n) is 1.34. The number of hydrogen-bond acceptors (Lipinski definition) is 4. The van der Waals surface area contributed by atoms with Crippen LogP contribution in [-0.4, -0.2) is 23.2 Å². The zero-order valence-electron chi connectivity index (χ0n) is 9.13. The van der Waals surface area contributed by atoms with Crippen LogP contribution in [0.15, 0.2) is 29.6 Å². The third-order valence-electron chi connectivity index (χ3n) is 2.08. The maximum atomic E-state index is 12.6. The molecule has 0 saturated carbocycles. The molecule has 1 N–H and O–H groups in total. The molecule has 0 spiro atoms. The number of pyridine rings is 1. The van der Waals surface area contributed by atoms with Crippen molar-refractivity contribution in [2.75, 3.05) is 4.72 Å². The molecule has 0 atom stereocenters. The van der Waals surface area contributed by atoms with Crippen molar-refractivity contribution in [2.45, 2.75) is 5.03 Å². The van der Waals surface area contributed by atoms with Gasteiger partial charge in [0.2, 0.25) is 5.95 Å². The maximum Gasteiger partial charge on any atom is 0.280 e. The van der Waals surface area contributed by atoms with Crippen LogP contribution in [0.3, 0.4) is 0 Å². The number of halogens is 2. The van der Waals surface area contributed by atoms with Gasteiger partial charge in [-0.25, -0.2) is 4.98 Å². The van der Waals surface area contributed by atoms with E-state index in [4.69, 9.17) is 11.6 Å². The van der Waals surface area contributed by atoms with Crippen molar-refractivity contribution in [2.24, 2.45) is 7.05 Å². The molecule has 6 nitrogen and oxygen atoms in total. The molecule has 2 heterocycles. The average Bonchev–Trinajstić information content (AvgIpc) is 2.62. The van der Waals surface area contributed by atoms with E-state index < -0.39 is 16.0 Å². The summed E-state index contributed by atoms with van der Waals surface area (Å²) in [6, 6.07) is 2.30. The molecular weight excluding hydrogens is 283 g/mol. The van der Waals surface area contributed by atoms with Crippen molar-refractivity contribution in [1.82, 2.24) is 14.8 Å². The first-order valence-electron chi connectivity index (χ1n) is 4.72. The van der Waals surface area contributed by atoms with Crippen LogP contribution in [0.4, 0.5) is 10.1 Å². The van der Waals surface area contributed by atoms with E-state index in [1.807, 2.05) is 0 Å². The predicted molar refractivity (Wildman–Crippen MR) is 63.2 cm³/mol. The standard InChI is InChI=1S/C9H8ClFN4O2S/c1-15-9(7(10)5-13-15)18(16,17)14-6-2-3-8(11)12-4-6/h2-5,14H,1H3. The van der Waals surface area contributed by atoms with E-state index in [2.05, 4.69) is 14.8 Å². The summed E-state index contributed by atoms with van der Waals surface area (Å²) in [7, 11) is -2.44. The van der Waals surface area contributed by atoms with Crippen molar-refractivity contribution < 1.29 is 12.8 Å². The SMILES string of the molecule is Cn1ncc(Cl)c1S(=O)(=O)Nc1ccc(F)nc1. The highest BCUT2D eigenvalue weighted by atomic mass is 35.5. The maximum absolute atomic E-state index is 12.6. The lowest BCUT2D eigenvalue weighted by atomic mass is 10.4. The van der Waals surface area contributed by atoms with Gasteiger partial charge in [-0.1, -0.05) is 11.6 Å². The summed E-state index contributed by atoms with van der Waals surface area (Å²) in [4.78, 5) is 3.34. The van der Waals surface area contributed by atoms with Gasteiger partial charge in [0.05, 0.1) is 23.1 Å². The number of aromatic nitrogens is 3. The second-order valence-corrected chi connectivity index (χ2v) is 5.40. The molecule has 0 aliphatic rings. The Morgan fingerprint density at radius 2 is 2.11 bits per heavy atom. The Morgan fingerprint density at radius 3 is 2.61 bits per heavy atom. The topological polar surface area (TPSA) is 76.9 Å². The first kappa shape index (κ1) is 12.8. The van der Waals surface area contributed by atoms with E-state index in [9.17, 15) is 12.8 Å². The Hall–Kier alpha value is -1.67. The molecule has 2 rings (SSSR count). The number of anilines is 1. The van der Waals surface area contributed by atoms with Crippen LogP contribution in [0.1, 0.15) is 0 Å². The number of hydrogen-bond donors (Lipinski definition) is 1. The van der Waals surface area contributed by atoms with E-state index in [1.165, 1.54) is 19.3 Å². The van der Waals surface area contributed by atoms with Gasteiger partial charge in [-0.15, -0.1) is 0 Å². The fraction of sp³-hybridized carbons (Fsp3) is 0.111. The molecule has 0 saturated heterocycles. The van der Waals surface area contributed by atoms with Gasteiger partial charge in [-0.2, -0.15) is 17.9 Å². The van der Waals surface area contributed by atoms with Crippen molar-refractivity contribution in [1.29, 1.82) is 0 Å². The molecule has 0 aliphatic carbocycles. The Morgan fingerprint density at radius 1 is 1.39 bits per heavy atom. The van der Waals surface area contributed by atoms with Crippen molar-refractivity contribution in [3.8, 4) is 0 Å². The highest BCUT2D eigenvalue weighted by molar-refractivity contribution is 7.92. The normalized spacial score (nSPS) is 11.5. The quantitative estimate of drug-likeness (QED) is 0.867. The van der Waals surface area contributed by atoms with Crippen LogP contribution in [0.2, 0.25) is 5.02 Å². The van der Waals surface area contributed by atoms with Gasteiger partial charge in [0.1, 0.15) is 0 Å². The van der Waals surface area contributed by atoms with Gasteiger partial charge in [-0.3, -0.25) is 9.40 Å². The zero-order chi connectivity index (χ0) is 13.3. The van der Waals surface area contributed by atoms with E-state index in [0.29, 0.717) is 0 Å². The summed E-state index contributed by atoms with van der Waals surface area (Å²) in [6.07, 6.45) is 2.29. The van der Waals surface area contributed by atoms with Crippen molar-refractivity contribution in [3.63, 3.8) is 0 Å². The van der Waals surface area contributed by atoms with Crippen LogP contribution in [0.25, 0.3) is 0 Å². The Labute approximate surface area is 107 Å². The third kappa shape index (κ3) is 2.44. The summed E-state index contributed by atoms with van der Waals surface area (Å²) in [5.41, 5.74) is 0.133. The zero-order valence-corrected chi connectivity index (χ0v) is 10.7. The van der Waals surface area contributed by atoms with Gasteiger partial charge in [-0.05, 0) is 12.1 Å². The molecule has 0 bridgehead atoms. The average molecular weight is 291 g/mol. The van der Waals surface area contributed by atoms with Crippen LogP contribution in [0, 0.1) is 5.95 Å². The highest BCUT2D eigenvalue weighted by Crippen LogP contribution is 2.22. The second kappa shape index (κ2) is 4.54. The number of nitrogens with zero attached hydrogens (tertiary/aromatic N) is 3. The minimum absolute atomic E-state index is 0.0000656. The molecule has 9 heteroatoms. The minimum atomic E-state index is -3.89. The largest absolute Gasteiger partial charge is 0.280 e. The Bertz CT molecular complexity index is 649. The molecule has 0 unspecified atom stereocenters. The number of sulfonamides is 1. The summed E-state index contributed by atoms with van der Waals surface area (Å²) >= 11 is 5.74. The van der Waals surface area contributed by atoms with Gasteiger partial charge < -0.3 is 0 Å². The van der Waals surface area contributed by atoms with E-state index >= 15 is 0 Å². The lowest BCUT2D eigenvalue weighted by Gasteiger charge is -2.08. The van der Waals surface area contributed by atoms with Crippen molar-refractivity contribution >= 4 is 27.3 Å². The number of rotatable bonds is 3. The molecule has 18 heavy (non-hydrogen) atoms. The molecule has 0 amide bonds. The highest BCUT2D eigenvalue weighted by Gasteiger charge is 2.22. The monoisotopic (exact) mass is 290 g/mol. The molecule has 2 aromatic rings. The van der Waals surface area contributed by atoms with E-state index in [1.54, 1.807) is 0 Å². The molecular formula is C9H8ClFN4O2S. The number of nitrogens with one attached hydrogen (secondary N) is 1. The molecule has 0 fully saturated rings. The van der Waals surface area contributed by atoms with Gasteiger partial charge in [0, 0.05) is 7.05 Å². The Kier molecular flexibility index (Phi) is 3.22. The lowest BCUT2D eigenvalue weighted by Crippen LogP contribution is -2.17. The first-order chi connectivity index (χ1) is 8.40. The smallest absolute Gasteiger partial charge is 0.277 e. The molecule has 2 aromatic heterocycles. The predicted octanol–water partition coefficient (Wildman–Crippen LogP) is 1.41. The lowest BCUT2D eigenvalue weighted by molar-refractivity contribution is 0.579. The number of aryl methyl sites for hydroxylation is 1. The van der Waals surface area contributed by atoms with E-state index in [0.717, 1.165) is 16.9 Å². The molecule has 0 radical (unpaired) electrons. The molecule has 0 aliphatic heterocycles. The summed E-state index contributed by atoms with van der Waals surface area (Å²) in [5.74, 6) is -0.698. The van der Waals surface area contributed by atoms with Crippen LogP contribution in [0.5, 0.6) is 0 Å². The van der Waals surface area contributed by atoms with Crippen LogP contribution < -0.4 is 4.72 Å². The Balaban J connectivity index is 2.36. The van der Waals surface area contributed by atoms with Gasteiger partial charge >= 0.3 is 0 Å². The van der Waals surface area contributed by atoms with E-state index in [-0.39, 0.29) is 15.7 Å². The van der Waals surface area contributed by atoms with Crippen molar-refractivity contribution in [3.05, 3.63) is 35.5 Å². The minimum Gasteiger partial charge on any atom is -0.277 e. The second-order valence-electron chi connectivity index (χ2n) is 3.40. The van der Waals surface area contributed by atoms with Gasteiger partial charge in [0.25, 0.3) is 10.0 Å². The van der Waals surface area contributed by atoms with Gasteiger partial charge in [0.15, 0.2) is 5.03 Å². The molecule has 96 valence electrons. The summed E-state index contributed by atoms with van der Waals surface area (Å²) < 4.78 is 40.0. The van der Waals surface area contributed by atoms with Crippen LogP contribution in [-0.2, 0) is 17.1 Å². The molecule has 0 aromatic carbocycles. The fourth-order valence-corrected chi connectivity index (χ4v) is 3.04. The first-order valence-corrected chi connectivity index (χ1v) is 6.58. The summed E-state index contributed by atoms with van der Waals surface area (Å²) in [6.45, 7) is 0.